The molecule has 0 aliphatic carbocycles. The van der Waals surface area contributed by atoms with Crippen LogP contribution >= 0.6 is 11.6 Å². The third-order valence-electron chi connectivity index (χ3n) is 2.45. The maximum absolute atomic E-state index is 5.85. The van der Waals surface area contributed by atoms with Crippen LogP contribution in [0.1, 0.15) is 11.1 Å². The molecule has 2 rings (SSSR count). The van der Waals surface area contributed by atoms with E-state index in [1.54, 1.807) is 6.20 Å². The molecule has 2 heterocycles. The van der Waals surface area contributed by atoms with Crippen LogP contribution in [0.5, 0.6) is 0 Å². The normalized spacial score (nSPS) is 10.8. The van der Waals surface area contributed by atoms with E-state index in [0.29, 0.717) is 5.15 Å². The van der Waals surface area contributed by atoms with Crippen LogP contribution in [0.3, 0.4) is 0 Å². The van der Waals surface area contributed by atoms with Gasteiger partial charge in [-0.3, -0.25) is 9.88 Å². The van der Waals surface area contributed by atoms with Crippen LogP contribution in [0.15, 0.2) is 42.9 Å². The Labute approximate surface area is 106 Å². The Balaban J connectivity index is 1.96. The standard InChI is InChI=1S/C13H14ClN3/c1-17(9-11-2-5-15-6-3-11)10-12-4-7-16-13(14)8-12/h2-8H,9-10H2,1H3. The van der Waals surface area contributed by atoms with E-state index in [4.69, 9.17) is 11.6 Å². The molecule has 0 atom stereocenters. The molecule has 0 saturated carbocycles. The molecule has 0 saturated heterocycles. The summed E-state index contributed by atoms with van der Waals surface area (Å²) in [4.78, 5) is 10.2. The molecule has 4 heteroatoms. The average Bonchev–Trinajstić information content (AvgIpc) is 2.30. The number of nitrogens with zero attached hydrogens (tertiary/aromatic N) is 3. The highest BCUT2D eigenvalue weighted by Crippen LogP contribution is 2.10. The SMILES string of the molecule is CN(Cc1ccncc1)Cc1ccnc(Cl)c1. The Morgan fingerprint density at radius 1 is 1.06 bits per heavy atom. The fourth-order valence-electron chi connectivity index (χ4n) is 1.71. The number of aromatic nitrogens is 2. The maximum atomic E-state index is 5.85. The minimum atomic E-state index is 0.541. The van der Waals surface area contributed by atoms with Crippen LogP contribution in [0, 0.1) is 0 Å². The Bertz CT molecular complexity index is 473. The minimum absolute atomic E-state index is 0.541. The molecule has 0 unspecified atom stereocenters. The monoisotopic (exact) mass is 247 g/mol. The summed E-state index contributed by atoms with van der Waals surface area (Å²) in [6.45, 7) is 1.74. The summed E-state index contributed by atoms with van der Waals surface area (Å²) >= 11 is 5.85. The summed E-state index contributed by atoms with van der Waals surface area (Å²) in [6, 6.07) is 7.92. The number of hydrogen-bond donors (Lipinski definition) is 0. The predicted molar refractivity (Wildman–Crippen MR) is 68.7 cm³/mol. The Morgan fingerprint density at radius 2 is 1.71 bits per heavy atom. The fourth-order valence-corrected chi connectivity index (χ4v) is 1.90. The number of halogens is 1. The van der Waals surface area contributed by atoms with Crippen molar-refractivity contribution in [3.8, 4) is 0 Å². The molecule has 0 fully saturated rings. The third-order valence-corrected chi connectivity index (χ3v) is 2.65. The van der Waals surface area contributed by atoms with Gasteiger partial charge in [0.15, 0.2) is 0 Å². The van der Waals surface area contributed by atoms with Crippen molar-refractivity contribution in [1.29, 1.82) is 0 Å². The van der Waals surface area contributed by atoms with Gasteiger partial charge < -0.3 is 0 Å². The van der Waals surface area contributed by atoms with E-state index < -0.39 is 0 Å². The lowest BCUT2D eigenvalue weighted by atomic mass is 10.2. The van der Waals surface area contributed by atoms with Gasteiger partial charge in [-0.1, -0.05) is 11.6 Å². The van der Waals surface area contributed by atoms with Gasteiger partial charge in [-0.25, -0.2) is 4.98 Å². The highest BCUT2D eigenvalue weighted by molar-refractivity contribution is 6.29. The number of rotatable bonds is 4. The first-order valence-electron chi connectivity index (χ1n) is 5.42. The van der Waals surface area contributed by atoms with Gasteiger partial charge in [0, 0.05) is 31.7 Å². The number of pyridine rings is 2. The fraction of sp³-hybridized carbons (Fsp3) is 0.231. The van der Waals surface area contributed by atoms with Crippen molar-refractivity contribution >= 4 is 11.6 Å². The lowest BCUT2D eigenvalue weighted by molar-refractivity contribution is 0.319. The van der Waals surface area contributed by atoms with Crippen LogP contribution in [-0.4, -0.2) is 21.9 Å². The van der Waals surface area contributed by atoms with Crippen molar-refractivity contribution in [2.75, 3.05) is 7.05 Å². The van der Waals surface area contributed by atoms with Crippen LogP contribution in [0.25, 0.3) is 0 Å². The summed E-state index contributed by atoms with van der Waals surface area (Å²) in [6.07, 6.45) is 5.36. The largest absolute Gasteiger partial charge is 0.298 e. The van der Waals surface area contributed by atoms with Crippen molar-refractivity contribution in [3.05, 3.63) is 59.1 Å². The van der Waals surface area contributed by atoms with Crippen molar-refractivity contribution in [3.63, 3.8) is 0 Å². The predicted octanol–water partition coefficient (Wildman–Crippen LogP) is 2.76. The maximum Gasteiger partial charge on any atom is 0.129 e. The van der Waals surface area contributed by atoms with Gasteiger partial charge in [-0.15, -0.1) is 0 Å². The Kier molecular flexibility index (Phi) is 4.07. The second kappa shape index (κ2) is 5.75. The van der Waals surface area contributed by atoms with Crippen LogP contribution in [0.2, 0.25) is 5.15 Å². The molecular weight excluding hydrogens is 234 g/mol. The lowest BCUT2D eigenvalue weighted by Crippen LogP contribution is -2.17. The summed E-state index contributed by atoms with van der Waals surface area (Å²) in [5.74, 6) is 0. The lowest BCUT2D eigenvalue weighted by Gasteiger charge is -2.16. The summed E-state index contributed by atoms with van der Waals surface area (Å²) in [5, 5.41) is 0.541. The first kappa shape index (κ1) is 12.0. The van der Waals surface area contributed by atoms with E-state index in [9.17, 15) is 0 Å². The summed E-state index contributed by atoms with van der Waals surface area (Å²) in [7, 11) is 2.08. The molecule has 2 aromatic rings. The third kappa shape index (κ3) is 3.80. The summed E-state index contributed by atoms with van der Waals surface area (Å²) < 4.78 is 0. The van der Waals surface area contributed by atoms with E-state index in [2.05, 4.69) is 21.9 Å². The second-order valence-corrected chi connectivity index (χ2v) is 4.40. The molecule has 0 bridgehead atoms. The van der Waals surface area contributed by atoms with Crippen molar-refractivity contribution in [2.24, 2.45) is 0 Å². The molecule has 0 spiro atoms. The molecule has 0 amide bonds. The van der Waals surface area contributed by atoms with Gasteiger partial charge in [-0.05, 0) is 42.4 Å². The first-order valence-corrected chi connectivity index (χ1v) is 5.80. The quantitative estimate of drug-likeness (QED) is 0.778. The van der Waals surface area contributed by atoms with Crippen molar-refractivity contribution in [1.82, 2.24) is 14.9 Å². The molecule has 0 aliphatic rings. The molecule has 3 nitrogen and oxygen atoms in total. The Hall–Kier alpha value is -1.45. The van der Waals surface area contributed by atoms with Gasteiger partial charge in [0.2, 0.25) is 0 Å². The van der Waals surface area contributed by atoms with E-state index in [0.717, 1.165) is 13.1 Å². The first-order chi connectivity index (χ1) is 8.24. The van der Waals surface area contributed by atoms with E-state index in [-0.39, 0.29) is 0 Å². The van der Waals surface area contributed by atoms with Gasteiger partial charge in [0.25, 0.3) is 0 Å². The second-order valence-electron chi connectivity index (χ2n) is 4.01. The van der Waals surface area contributed by atoms with E-state index >= 15 is 0 Å². The highest BCUT2D eigenvalue weighted by atomic mass is 35.5. The molecule has 0 aromatic carbocycles. The smallest absolute Gasteiger partial charge is 0.129 e. The van der Waals surface area contributed by atoms with Gasteiger partial charge >= 0.3 is 0 Å². The summed E-state index contributed by atoms with van der Waals surface area (Å²) in [5.41, 5.74) is 2.42. The molecule has 0 N–H and O–H groups in total. The zero-order valence-electron chi connectivity index (χ0n) is 9.68. The van der Waals surface area contributed by atoms with Crippen molar-refractivity contribution < 1.29 is 0 Å². The number of hydrogen-bond acceptors (Lipinski definition) is 3. The topological polar surface area (TPSA) is 29.0 Å². The van der Waals surface area contributed by atoms with Gasteiger partial charge in [0.05, 0.1) is 0 Å². The molecule has 17 heavy (non-hydrogen) atoms. The molecule has 88 valence electrons. The zero-order chi connectivity index (χ0) is 12.1. The van der Waals surface area contributed by atoms with Crippen LogP contribution in [-0.2, 0) is 13.1 Å². The molecule has 0 aliphatic heterocycles. The molecule has 2 aromatic heterocycles. The van der Waals surface area contributed by atoms with Crippen molar-refractivity contribution in [2.45, 2.75) is 13.1 Å². The minimum Gasteiger partial charge on any atom is -0.298 e. The molecule has 0 radical (unpaired) electrons. The van der Waals surface area contributed by atoms with Crippen LogP contribution < -0.4 is 0 Å². The van der Waals surface area contributed by atoms with E-state index in [1.165, 1.54) is 11.1 Å². The Morgan fingerprint density at radius 3 is 2.41 bits per heavy atom. The zero-order valence-corrected chi connectivity index (χ0v) is 10.4. The highest BCUT2D eigenvalue weighted by Gasteiger charge is 2.02. The average molecular weight is 248 g/mol. The van der Waals surface area contributed by atoms with Gasteiger partial charge in [-0.2, -0.15) is 0 Å². The van der Waals surface area contributed by atoms with Crippen LogP contribution in [0.4, 0.5) is 0 Å². The molecular formula is C13H14ClN3. The van der Waals surface area contributed by atoms with Gasteiger partial charge in [0.1, 0.15) is 5.15 Å². The van der Waals surface area contributed by atoms with E-state index in [1.807, 2.05) is 36.7 Å².